The van der Waals surface area contributed by atoms with Crippen LogP contribution in [-0.4, -0.2) is 9.97 Å². The predicted molar refractivity (Wildman–Crippen MR) is 72.9 cm³/mol. The van der Waals surface area contributed by atoms with Crippen molar-refractivity contribution in [3.05, 3.63) is 38.9 Å². The summed E-state index contributed by atoms with van der Waals surface area (Å²) in [5.41, 5.74) is 1.31. The van der Waals surface area contributed by atoms with E-state index in [4.69, 9.17) is 11.6 Å². The highest BCUT2D eigenvalue weighted by molar-refractivity contribution is 7.12. The average molecular weight is 268 g/mol. The van der Waals surface area contributed by atoms with Crippen LogP contribution in [-0.2, 0) is 0 Å². The highest BCUT2D eigenvalue weighted by atomic mass is 35.5. The molecule has 2 aromatic rings. The van der Waals surface area contributed by atoms with Crippen molar-refractivity contribution in [3.8, 4) is 0 Å². The van der Waals surface area contributed by atoms with E-state index in [9.17, 15) is 0 Å². The van der Waals surface area contributed by atoms with Gasteiger partial charge in [0.15, 0.2) is 0 Å². The normalized spacial score (nSPS) is 12.5. The third-order valence-corrected chi connectivity index (χ3v) is 3.73. The maximum atomic E-state index is 5.82. The molecule has 0 fully saturated rings. The van der Waals surface area contributed by atoms with Crippen molar-refractivity contribution < 1.29 is 0 Å². The average Bonchev–Trinajstić information content (AvgIpc) is 2.58. The zero-order valence-corrected chi connectivity index (χ0v) is 11.6. The second kappa shape index (κ2) is 5.02. The second-order valence-electron chi connectivity index (χ2n) is 3.96. The molecule has 0 amide bonds. The van der Waals surface area contributed by atoms with Crippen LogP contribution in [0.3, 0.4) is 0 Å². The fourth-order valence-electron chi connectivity index (χ4n) is 1.79. The Kier molecular flexibility index (Phi) is 3.64. The Morgan fingerprint density at radius 1 is 1.29 bits per heavy atom. The van der Waals surface area contributed by atoms with Crippen LogP contribution in [0.1, 0.15) is 28.3 Å². The SMILES string of the molecule is Cc1cc(C(C)Nc2cc(Cl)ncn2)c(C)s1. The van der Waals surface area contributed by atoms with Gasteiger partial charge in [-0.2, -0.15) is 0 Å². The Hall–Kier alpha value is -1.13. The van der Waals surface area contributed by atoms with Gasteiger partial charge in [0, 0.05) is 15.8 Å². The number of rotatable bonds is 3. The molecule has 1 atom stereocenters. The predicted octanol–water partition coefficient (Wildman–Crippen LogP) is 3.98. The van der Waals surface area contributed by atoms with Gasteiger partial charge < -0.3 is 5.32 Å². The van der Waals surface area contributed by atoms with E-state index in [0.717, 1.165) is 5.82 Å². The minimum Gasteiger partial charge on any atom is -0.363 e. The summed E-state index contributed by atoms with van der Waals surface area (Å²) in [7, 11) is 0. The molecule has 1 unspecified atom stereocenters. The Balaban J connectivity index is 2.16. The molecule has 0 saturated carbocycles. The lowest BCUT2D eigenvalue weighted by atomic mass is 10.1. The zero-order valence-electron chi connectivity index (χ0n) is 9.99. The van der Waals surface area contributed by atoms with E-state index < -0.39 is 0 Å². The van der Waals surface area contributed by atoms with Gasteiger partial charge in [0.2, 0.25) is 0 Å². The smallest absolute Gasteiger partial charge is 0.134 e. The van der Waals surface area contributed by atoms with Gasteiger partial charge in [0.05, 0.1) is 6.04 Å². The van der Waals surface area contributed by atoms with Gasteiger partial charge in [-0.1, -0.05) is 11.6 Å². The van der Waals surface area contributed by atoms with E-state index in [-0.39, 0.29) is 6.04 Å². The minimum atomic E-state index is 0.214. The van der Waals surface area contributed by atoms with Crippen molar-refractivity contribution in [1.82, 2.24) is 9.97 Å². The van der Waals surface area contributed by atoms with Gasteiger partial charge in [0.1, 0.15) is 17.3 Å². The lowest BCUT2D eigenvalue weighted by Gasteiger charge is -2.14. The van der Waals surface area contributed by atoms with Gasteiger partial charge in [-0.25, -0.2) is 9.97 Å². The molecule has 3 nitrogen and oxygen atoms in total. The fourth-order valence-corrected chi connectivity index (χ4v) is 2.96. The summed E-state index contributed by atoms with van der Waals surface area (Å²) in [6.45, 7) is 6.37. The van der Waals surface area contributed by atoms with Crippen molar-refractivity contribution in [1.29, 1.82) is 0 Å². The van der Waals surface area contributed by atoms with Crippen molar-refractivity contribution >= 4 is 28.8 Å². The number of halogens is 1. The van der Waals surface area contributed by atoms with Gasteiger partial charge >= 0.3 is 0 Å². The van der Waals surface area contributed by atoms with Crippen molar-refractivity contribution in [2.24, 2.45) is 0 Å². The highest BCUT2D eigenvalue weighted by Crippen LogP contribution is 2.28. The summed E-state index contributed by atoms with van der Waals surface area (Å²) in [6.07, 6.45) is 1.46. The van der Waals surface area contributed by atoms with Gasteiger partial charge in [-0.05, 0) is 32.4 Å². The number of hydrogen-bond donors (Lipinski definition) is 1. The molecule has 0 spiro atoms. The van der Waals surface area contributed by atoms with Crippen LogP contribution in [0, 0.1) is 13.8 Å². The number of aryl methyl sites for hydroxylation is 2. The van der Waals surface area contributed by atoms with Crippen LogP contribution in [0.25, 0.3) is 0 Å². The first-order chi connectivity index (χ1) is 8.06. The number of aromatic nitrogens is 2. The van der Waals surface area contributed by atoms with E-state index in [2.05, 4.69) is 42.1 Å². The van der Waals surface area contributed by atoms with Crippen LogP contribution in [0.5, 0.6) is 0 Å². The number of hydrogen-bond acceptors (Lipinski definition) is 4. The Bertz CT molecular complexity index is 524. The number of thiophene rings is 1. The topological polar surface area (TPSA) is 37.8 Å². The molecule has 2 heterocycles. The van der Waals surface area contributed by atoms with E-state index >= 15 is 0 Å². The standard InChI is InChI=1S/C12H14ClN3S/c1-7-4-10(9(3)17-7)8(2)16-12-5-11(13)14-6-15-12/h4-6,8H,1-3H3,(H,14,15,16). The lowest BCUT2D eigenvalue weighted by molar-refractivity contribution is 0.869. The van der Waals surface area contributed by atoms with Gasteiger partial charge in [0.25, 0.3) is 0 Å². The molecule has 0 bridgehead atoms. The van der Waals surface area contributed by atoms with Crippen LogP contribution < -0.4 is 5.32 Å². The zero-order chi connectivity index (χ0) is 12.4. The third kappa shape index (κ3) is 2.96. The Labute approximate surface area is 110 Å². The van der Waals surface area contributed by atoms with Crippen molar-refractivity contribution in [2.75, 3.05) is 5.32 Å². The summed E-state index contributed by atoms with van der Waals surface area (Å²) in [5.74, 6) is 0.751. The second-order valence-corrected chi connectivity index (χ2v) is 5.81. The van der Waals surface area contributed by atoms with E-state index in [1.54, 1.807) is 6.07 Å². The first-order valence-corrected chi connectivity index (χ1v) is 6.56. The molecule has 0 aliphatic carbocycles. The van der Waals surface area contributed by atoms with Gasteiger partial charge in [-0.15, -0.1) is 11.3 Å². The number of anilines is 1. The molecule has 0 aliphatic rings. The molecular weight excluding hydrogens is 254 g/mol. The van der Waals surface area contributed by atoms with E-state index in [1.807, 2.05) is 11.3 Å². The summed E-state index contributed by atoms with van der Waals surface area (Å²) in [4.78, 5) is 10.7. The molecule has 5 heteroatoms. The van der Waals surface area contributed by atoms with Crippen LogP contribution in [0.15, 0.2) is 18.5 Å². The summed E-state index contributed by atoms with van der Waals surface area (Å²) >= 11 is 7.63. The molecule has 0 aliphatic heterocycles. The van der Waals surface area contributed by atoms with Crippen LogP contribution in [0.2, 0.25) is 5.15 Å². The largest absolute Gasteiger partial charge is 0.363 e. The molecule has 0 radical (unpaired) electrons. The first kappa shape index (κ1) is 12.3. The number of nitrogens with zero attached hydrogens (tertiary/aromatic N) is 2. The summed E-state index contributed by atoms with van der Waals surface area (Å²) < 4.78 is 0. The minimum absolute atomic E-state index is 0.214. The lowest BCUT2D eigenvalue weighted by Crippen LogP contribution is -2.08. The maximum absolute atomic E-state index is 5.82. The van der Waals surface area contributed by atoms with E-state index in [0.29, 0.717) is 5.15 Å². The molecule has 2 rings (SSSR count). The molecule has 17 heavy (non-hydrogen) atoms. The van der Waals surface area contributed by atoms with Crippen LogP contribution in [0.4, 0.5) is 5.82 Å². The highest BCUT2D eigenvalue weighted by Gasteiger charge is 2.11. The maximum Gasteiger partial charge on any atom is 0.134 e. The first-order valence-electron chi connectivity index (χ1n) is 5.37. The van der Waals surface area contributed by atoms with Gasteiger partial charge in [-0.3, -0.25) is 0 Å². The van der Waals surface area contributed by atoms with E-state index in [1.165, 1.54) is 21.6 Å². The summed E-state index contributed by atoms with van der Waals surface area (Å²) in [5, 5.41) is 3.78. The van der Waals surface area contributed by atoms with Crippen molar-refractivity contribution in [2.45, 2.75) is 26.8 Å². The number of nitrogens with one attached hydrogen (secondary N) is 1. The summed E-state index contributed by atoms with van der Waals surface area (Å²) in [6, 6.07) is 4.15. The molecule has 0 aromatic carbocycles. The molecule has 0 saturated heterocycles. The monoisotopic (exact) mass is 267 g/mol. The molecule has 1 N–H and O–H groups in total. The quantitative estimate of drug-likeness (QED) is 0.855. The fraction of sp³-hybridized carbons (Fsp3) is 0.333. The van der Waals surface area contributed by atoms with Crippen LogP contribution >= 0.6 is 22.9 Å². The molecular formula is C12H14ClN3S. The Morgan fingerprint density at radius 2 is 2.06 bits per heavy atom. The molecule has 2 aromatic heterocycles. The molecule has 90 valence electrons. The Morgan fingerprint density at radius 3 is 2.65 bits per heavy atom. The third-order valence-electron chi connectivity index (χ3n) is 2.54. The van der Waals surface area contributed by atoms with Crippen molar-refractivity contribution in [3.63, 3.8) is 0 Å².